The maximum atomic E-state index is 13.7. The number of Topliss-reactive ketones (excluding diaryl/α,β-unsaturated/α-hetero) is 1. The fourth-order valence-electron chi connectivity index (χ4n) is 1.98. The number of hydrogen-bond donors (Lipinski definition) is 1. The highest BCUT2D eigenvalue weighted by Gasteiger charge is 2.18. The van der Waals surface area contributed by atoms with E-state index in [0.29, 0.717) is 12.2 Å². The van der Waals surface area contributed by atoms with Crippen molar-refractivity contribution < 1.29 is 14.1 Å². The number of benzene rings is 1. The van der Waals surface area contributed by atoms with Crippen LogP contribution in [0.2, 0.25) is 0 Å². The Morgan fingerprint density at radius 1 is 1.43 bits per heavy atom. The summed E-state index contributed by atoms with van der Waals surface area (Å²) in [7, 11) is 0. The summed E-state index contributed by atoms with van der Waals surface area (Å²) in [4.78, 5) is 26.3. The van der Waals surface area contributed by atoms with Crippen LogP contribution in [0.3, 0.4) is 0 Å². The first-order valence-electron chi connectivity index (χ1n) is 6.38. The van der Waals surface area contributed by atoms with Crippen molar-refractivity contribution in [1.29, 1.82) is 0 Å². The largest absolute Gasteiger partial charge is 0.362 e. The molecule has 0 spiro atoms. The Bertz CT molecular complexity index is 669. The molecule has 7 heteroatoms. The molecule has 0 aliphatic carbocycles. The van der Waals surface area contributed by atoms with Gasteiger partial charge in [0.1, 0.15) is 5.82 Å². The fraction of sp³-hybridized carbons (Fsp3) is 0.214. The molecule has 2 rings (SSSR count). The third-order valence-corrected chi connectivity index (χ3v) is 3.09. The van der Waals surface area contributed by atoms with Gasteiger partial charge in [0.25, 0.3) is 5.69 Å². The highest BCUT2D eigenvalue weighted by molar-refractivity contribution is 5.98. The smallest absolute Gasteiger partial charge is 0.287 e. The van der Waals surface area contributed by atoms with Gasteiger partial charge in [-0.05, 0) is 19.1 Å². The number of rotatable bonds is 6. The van der Waals surface area contributed by atoms with Gasteiger partial charge in [0.2, 0.25) is 0 Å². The standard InChI is InChI=1S/C14H14FN3O3/c1-2-17(13-6-4-3-5-11(13)15)9-14(19)12-7-10(8-16-12)18(20)21/h3-8,16H,2,9H2,1H3. The summed E-state index contributed by atoms with van der Waals surface area (Å²) < 4.78 is 13.7. The molecule has 1 N–H and O–H groups in total. The van der Waals surface area contributed by atoms with Gasteiger partial charge in [0.15, 0.2) is 5.78 Å². The Labute approximate surface area is 120 Å². The number of nitrogens with one attached hydrogen (secondary N) is 1. The summed E-state index contributed by atoms with van der Waals surface area (Å²) >= 11 is 0. The number of para-hydroxylation sites is 1. The zero-order valence-electron chi connectivity index (χ0n) is 11.4. The molecule has 0 bridgehead atoms. The predicted molar refractivity (Wildman–Crippen MR) is 76.1 cm³/mol. The van der Waals surface area contributed by atoms with Crippen molar-refractivity contribution in [2.24, 2.45) is 0 Å². The second kappa shape index (κ2) is 6.17. The number of carbonyl (C=O) groups excluding carboxylic acids is 1. The average molecular weight is 291 g/mol. The van der Waals surface area contributed by atoms with Gasteiger partial charge in [0, 0.05) is 12.6 Å². The van der Waals surface area contributed by atoms with Crippen molar-refractivity contribution in [3.63, 3.8) is 0 Å². The minimum atomic E-state index is -0.582. The molecule has 0 amide bonds. The third-order valence-electron chi connectivity index (χ3n) is 3.09. The lowest BCUT2D eigenvalue weighted by Crippen LogP contribution is -2.30. The minimum Gasteiger partial charge on any atom is -0.362 e. The number of nitrogens with zero attached hydrogens (tertiary/aromatic N) is 2. The second-order valence-corrected chi connectivity index (χ2v) is 4.42. The van der Waals surface area contributed by atoms with Crippen molar-refractivity contribution in [2.75, 3.05) is 18.0 Å². The SMILES string of the molecule is CCN(CC(=O)c1cc([N+](=O)[O-])c[nH]1)c1ccccc1F. The first kappa shape index (κ1) is 14.7. The third kappa shape index (κ3) is 3.25. The molecule has 1 aromatic carbocycles. The van der Waals surface area contributed by atoms with Crippen LogP contribution in [0.5, 0.6) is 0 Å². The first-order chi connectivity index (χ1) is 10.0. The van der Waals surface area contributed by atoms with Gasteiger partial charge in [0.05, 0.1) is 29.0 Å². The lowest BCUT2D eigenvalue weighted by Gasteiger charge is -2.22. The molecule has 2 aromatic rings. The van der Waals surface area contributed by atoms with Crippen LogP contribution in [-0.4, -0.2) is 28.8 Å². The number of H-pyrrole nitrogens is 1. The van der Waals surface area contributed by atoms with Crippen LogP contribution in [-0.2, 0) is 0 Å². The number of likely N-dealkylation sites (N-methyl/N-ethyl adjacent to an activating group) is 1. The van der Waals surface area contributed by atoms with E-state index < -0.39 is 10.7 Å². The summed E-state index contributed by atoms with van der Waals surface area (Å²) in [6.07, 6.45) is 1.16. The monoisotopic (exact) mass is 291 g/mol. The number of nitro groups is 1. The van der Waals surface area contributed by atoms with E-state index in [2.05, 4.69) is 4.98 Å². The van der Waals surface area contributed by atoms with E-state index in [1.165, 1.54) is 12.1 Å². The second-order valence-electron chi connectivity index (χ2n) is 4.42. The quantitative estimate of drug-likeness (QED) is 0.504. The van der Waals surface area contributed by atoms with Crippen LogP contribution in [0, 0.1) is 15.9 Å². The molecule has 6 nitrogen and oxygen atoms in total. The van der Waals surface area contributed by atoms with E-state index in [1.807, 2.05) is 0 Å². The molecule has 0 aliphatic rings. The molecule has 1 heterocycles. The normalized spacial score (nSPS) is 10.4. The summed E-state index contributed by atoms with van der Waals surface area (Å²) in [6, 6.07) is 7.34. The number of halogens is 1. The van der Waals surface area contributed by atoms with Crippen LogP contribution >= 0.6 is 0 Å². The molecule has 0 fully saturated rings. The van der Waals surface area contributed by atoms with E-state index in [1.54, 1.807) is 30.0 Å². The van der Waals surface area contributed by atoms with Gasteiger partial charge in [-0.25, -0.2) is 4.39 Å². The fourth-order valence-corrected chi connectivity index (χ4v) is 1.98. The number of carbonyl (C=O) groups is 1. The summed E-state index contributed by atoms with van der Waals surface area (Å²) in [6.45, 7) is 2.18. The van der Waals surface area contributed by atoms with E-state index in [0.717, 1.165) is 6.20 Å². The first-order valence-corrected chi connectivity index (χ1v) is 6.38. The Kier molecular flexibility index (Phi) is 4.32. The summed E-state index contributed by atoms with van der Waals surface area (Å²) in [5, 5.41) is 10.6. The molecule has 0 atom stereocenters. The lowest BCUT2D eigenvalue weighted by atomic mass is 10.2. The van der Waals surface area contributed by atoms with Crippen molar-refractivity contribution in [3.8, 4) is 0 Å². The minimum absolute atomic E-state index is 0.0604. The molecule has 0 saturated heterocycles. The Hall–Kier alpha value is -2.70. The van der Waals surface area contributed by atoms with E-state index in [9.17, 15) is 19.3 Å². The van der Waals surface area contributed by atoms with Gasteiger partial charge in [-0.3, -0.25) is 14.9 Å². The molecule has 0 aliphatic heterocycles. The van der Waals surface area contributed by atoms with Gasteiger partial charge >= 0.3 is 0 Å². The van der Waals surface area contributed by atoms with Crippen molar-refractivity contribution in [1.82, 2.24) is 4.98 Å². The highest BCUT2D eigenvalue weighted by Crippen LogP contribution is 2.19. The maximum absolute atomic E-state index is 13.7. The van der Waals surface area contributed by atoms with Gasteiger partial charge in [-0.2, -0.15) is 0 Å². The van der Waals surface area contributed by atoms with Crippen LogP contribution in [0.4, 0.5) is 15.8 Å². The Balaban J connectivity index is 2.16. The predicted octanol–water partition coefficient (Wildman–Crippen LogP) is 2.77. The topological polar surface area (TPSA) is 79.2 Å². The molecule has 1 aromatic heterocycles. The van der Waals surface area contributed by atoms with E-state index in [-0.39, 0.29) is 23.7 Å². The Morgan fingerprint density at radius 2 is 2.14 bits per heavy atom. The van der Waals surface area contributed by atoms with Crippen molar-refractivity contribution in [3.05, 3.63) is 58.2 Å². The van der Waals surface area contributed by atoms with Crippen LogP contribution < -0.4 is 4.90 Å². The van der Waals surface area contributed by atoms with Gasteiger partial charge in [-0.1, -0.05) is 12.1 Å². The number of hydrogen-bond acceptors (Lipinski definition) is 4. The number of aromatic amines is 1. The van der Waals surface area contributed by atoms with Crippen LogP contribution in [0.1, 0.15) is 17.4 Å². The molecular weight excluding hydrogens is 277 g/mol. The maximum Gasteiger partial charge on any atom is 0.287 e. The van der Waals surface area contributed by atoms with E-state index in [4.69, 9.17) is 0 Å². The van der Waals surface area contributed by atoms with Crippen molar-refractivity contribution in [2.45, 2.75) is 6.92 Å². The molecule has 110 valence electrons. The molecule has 0 unspecified atom stereocenters. The number of ketones is 1. The molecule has 21 heavy (non-hydrogen) atoms. The lowest BCUT2D eigenvalue weighted by molar-refractivity contribution is -0.384. The number of anilines is 1. The summed E-state index contributed by atoms with van der Waals surface area (Å²) in [5.74, 6) is -0.752. The highest BCUT2D eigenvalue weighted by atomic mass is 19.1. The molecule has 0 radical (unpaired) electrons. The van der Waals surface area contributed by atoms with Crippen LogP contribution in [0.25, 0.3) is 0 Å². The van der Waals surface area contributed by atoms with Gasteiger partial charge < -0.3 is 9.88 Å². The number of aromatic nitrogens is 1. The van der Waals surface area contributed by atoms with Crippen molar-refractivity contribution >= 4 is 17.2 Å². The molecular formula is C14H14FN3O3. The average Bonchev–Trinajstić information content (AvgIpc) is 2.95. The van der Waals surface area contributed by atoms with Crippen LogP contribution in [0.15, 0.2) is 36.5 Å². The zero-order chi connectivity index (χ0) is 15.4. The molecule has 0 saturated carbocycles. The summed E-state index contributed by atoms with van der Waals surface area (Å²) in [5.41, 5.74) is 0.290. The Morgan fingerprint density at radius 3 is 2.71 bits per heavy atom. The zero-order valence-corrected chi connectivity index (χ0v) is 11.4. The van der Waals surface area contributed by atoms with E-state index >= 15 is 0 Å². The van der Waals surface area contributed by atoms with Gasteiger partial charge in [-0.15, -0.1) is 0 Å².